The maximum absolute atomic E-state index is 12.6. The fourth-order valence-electron chi connectivity index (χ4n) is 3.06. The first kappa shape index (κ1) is 17.7. The molecule has 0 atom stereocenters. The molecule has 1 fully saturated rings. The van der Waals surface area contributed by atoms with Gasteiger partial charge in [-0.15, -0.1) is 12.4 Å². The number of fused-ring (bicyclic) bond motifs is 1. The molecule has 0 radical (unpaired) electrons. The lowest BCUT2D eigenvalue weighted by atomic mass is 9.91. The highest BCUT2D eigenvalue weighted by Crippen LogP contribution is 2.28. The first-order valence-corrected chi connectivity index (χ1v) is 7.63. The van der Waals surface area contributed by atoms with Gasteiger partial charge in [-0.05, 0) is 56.1 Å². The number of carbonyl (C=O) groups is 2. The SMILES string of the molecule is COC1(C(=O)Nc2ccc3c(c2)CCC(=O)N3)CCNCC1.Cl. The van der Waals surface area contributed by atoms with Gasteiger partial charge in [0.25, 0.3) is 5.91 Å². The molecule has 2 aliphatic heterocycles. The van der Waals surface area contributed by atoms with Crippen LogP contribution in [0.3, 0.4) is 0 Å². The van der Waals surface area contributed by atoms with Crippen LogP contribution in [0.5, 0.6) is 0 Å². The second kappa shape index (κ2) is 7.29. The van der Waals surface area contributed by atoms with Gasteiger partial charge in [0.1, 0.15) is 5.60 Å². The molecular formula is C16H22ClN3O3. The Morgan fingerprint density at radius 3 is 2.70 bits per heavy atom. The molecule has 3 N–H and O–H groups in total. The zero-order chi connectivity index (χ0) is 15.6. The summed E-state index contributed by atoms with van der Waals surface area (Å²) in [5.41, 5.74) is 1.87. The second-order valence-electron chi connectivity index (χ2n) is 5.82. The Morgan fingerprint density at radius 2 is 2.00 bits per heavy atom. The number of hydrogen-bond acceptors (Lipinski definition) is 4. The molecule has 2 aliphatic rings. The maximum atomic E-state index is 12.6. The average Bonchev–Trinajstić information content (AvgIpc) is 2.55. The summed E-state index contributed by atoms with van der Waals surface area (Å²) in [5.74, 6) is -0.0615. The number of halogens is 1. The number of piperidine rings is 1. The van der Waals surface area contributed by atoms with E-state index >= 15 is 0 Å². The molecular weight excluding hydrogens is 318 g/mol. The molecule has 0 aromatic heterocycles. The number of benzene rings is 1. The minimum absolute atomic E-state index is 0. The molecule has 2 heterocycles. The van der Waals surface area contributed by atoms with Gasteiger partial charge in [-0.1, -0.05) is 0 Å². The largest absolute Gasteiger partial charge is 0.368 e. The lowest BCUT2D eigenvalue weighted by Gasteiger charge is -2.34. The number of ether oxygens (including phenoxy) is 1. The normalized spacial score (nSPS) is 19.1. The molecule has 7 heteroatoms. The third kappa shape index (κ3) is 3.65. The van der Waals surface area contributed by atoms with E-state index in [2.05, 4.69) is 16.0 Å². The number of methoxy groups -OCH3 is 1. The Morgan fingerprint density at radius 1 is 1.26 bits per heavy atom. The number of aryl methyl sites for hydroxylation is 1. The van der Waals surface area contributed by atoms with Crippen LogP contribution in [0.2, 0.25) is 0 Å². The summed E-state index contributed by atoms with van der Waals surface area (Å²) in [6, 6.07) is 5.58. The van der Waals surface area contributed by atoms with E-state index < -0.39 is 5.60 Å². The standard InChI is InChI=1S/C16H21N3O3.ClH/c1-22-16(6-8-17-9-7-16)15(21)18-12-3-4-13-11(10-12)2-5-14(20)19-13;/h3-4,10,17H,2,5-9H2,1H3,(H,18,21)(H,19,20);1H. The lowest BCUT2D eigenvalue weighted by Crippen LogP contribution is -2.51. The van der Waals surface area contributed by atoms with Gasteiger partial charge >= 0.3 is 0 Å². The van der Waals surface area contributed by atoms with E-state index in [1.807, 2.05) is 18.2 Å². The van der Waals surface area contributed by atoms with Crippen LogP contribution in [0.25, 0.3) is 0 Å². The van der Waals surface area contributed by atoms with Crippen molar-refractivity contribution in [1.82, 2.24) is 5.32 Å². The first-order chi connectivity index (χ1) is 10.6. The minimum atomic E-state index is -0.755. The van der Waals surface area contributed by atoms with Crippen LogP contribution in [0.4, 0.5) is 11.4 Å². The Balaban J connectivity index is 0.00000192. The van der Waals surface area contributed by atoms with Gasteiger partial charge in [-0.25, -0.2) is 0 Å². The van der Waals surface area contributed by atoms with Crippen LogP contribution in [-0.2, 0) is 20.7 Å². The fraction of sp³-hybridized carbons (Fsp3) is 0.500. The van der Waals surface area contributed by atoms with Gasteiger partial charge in [0, 0.05) is 24.9 Å². The van der Waals surface area contributed by atoms with Crippen LogP contribution >= 0.6 is 12.4 Å². The number of amides is 2. The fourth-order valence-corrected chi connectivity index (χ4v) is 3.06. The van der Waals surface area contributed by atoms with E-state index in [0.717, 1.165) is 30.0 Å². The van der Waals surface area contributed by atoms with Gasteiger partial charge < -0.3 is 20.7 Å². The summed E-state index contributed by atoms with van der Waals surface area (Å²) < 4.78 is 5.53. The monoisotopic (exact) mass is 339 g/mol. The molecule has 1 aromatic carbocycles. The number of nitrogens with one attached hydrogen (secondary N) is 3. The van der Waals surface area contributed by atoms with E-state index in [1.165, 1.54) is 0 Å². The number of rotatable bonds is 3. The lowest BCUT2D eigenvalue weighted by molar-refractivity contribution is -0.140. The van der Waals surface area contributed by atoms with Crippen molar-refractivity contribution in [3.8, 4) is 0 Å². The van der Waals surface area contributed by atoms with Crippen molar-refractivity contribution in [2.24, 2.45) is 0 Å². The van der Waals surface area contributed by atoms with Gasteiger partial charge in [0.2, 0.25) is 5.91 Å². The molecule has 23 heavy (non-hydrogen) atoms. The van der Waals surface area contributed by atoms with Gasteiger partial charge in [0.15, 0.2) is 0 Å². The van der Waals surface area contributed by atoms with E-state index in [9.17, 15) is 9.59 Å². The maximum Gasteiger partial charge on any atom is 0.256 e. The Labute approximate surface area is 141 Å². The van der Waals surface area contributed by atoms with E-state index in [-0.39, 0.29) is 24.2 Å². The molecule has 1 saturated heterocycles. The predicted molar refractivity (Wildman–Crippen MR) is 91.1 cm³/mol. The molecule has 126 valence electrons. The van der Waals surface area contributed by atoms with E-state index in [1.54, 1.807) is 7.11 Å². The van der Waals surface area contributed by atoms with Crippen LogP contribution in [0.1, 0.15) is 24.8 Å². The quantitative estimate of drug-likeness (QED) is 0.783. The molecule has 0 unspecified atom stereocenters. The zero-order valence-corrected chi connectivity index (χ0v) is 13.9. The summed E-state index contributed by atoms with van der Waals surface area (Å²) in [4.78, 5) is 24.0. The average molecular weight is 340 g/mol. The van der Waals surface area contributed by atoms with Crippen molar-refractivity contribution >= 4 is 35.6 Å². The predicted octanol–water partition coefficient (Wildman–Crippen LogP) is 1.70. The second-order valence-corrected chi connectivity index (χ2v) is 5.82. The van der Waals surface area contributed by atoms with Gasteiger partial charge in [-0.3, -0.25) is 9.59 Å². The Kier molecular flexibility index (Phi) is 5.62. The summed E-state index contributed by atoms with van der Waals surface area (Å²) in [6.45, 7) is 1.55. The first-order valence-electron chi connectivity index (χ1n) is 7.63. The molecule has 0 aliphatic carbocycles. The molecule has 6 nitrogen and oxygen atoms in total. The highest BCUT2D eigenvalue weighted by molar-refractivity contribution is 5.99. The van der Waals surface area contributed by atoms with Crippen molar-refractivity contribution in [2.75, 3.05) is 30.8 Å². The summed E-state index contributed by atoms with van der Waals surface area (Å²) >= 11 is 0. The molecule has 0 bridgehead atoms. The van der Waals surface area contributed by atoms with Gasteiger partial charge in [-0.2, -0.15) is 0 Å². The number of hydrogen-bond donors (Lipinski definition) is 3. The van der Waals surface area contributed by atoms with E-state index in [0.29, 0.717) is 25.7 Å². The zero-order valence-electron chi connectivity index (χ0n) is 13.1. The Bertz CT molecular complexity index is 600. The molecule has 2 amide bonds. The summed E-state index contributed by atoms with van der Waals surface area (Å²) in [5, 5.41) is 9.04. The Hall–Kier alpha value is -1.63. The minimum Gasteiger partial charge on any atom is -0.368 e. The summed E-state index contributed by atoms with van der Waals surface area (Å²) in [6.07, 6.45) is 2.51. The van der Waals surface area contributed by atoms with Crippen LogP contribution in [0.15, 0.2) is 18.2 Å². The molecule has 0 saturated carbocycles. The van der Waals surface area contributed by atoms with E-state index in [4.69, 9.17) is 4.74 Å². The van der Waals surface area contributed by atoms with Crippen LogP contribution < -0.4 is 16.0 Å². The summed E-state index contributed by atoms with van der Waals surface area (Å²) in [7, 11) is 1.59. The molecule has 1 aromatic rings. The number of anilines is 2. The molecule has 0 spiro atoms. The van der Waals surface area contributed by atoms with Crippen molar-refractivity contribution in [1.29, 1.82) is 0 Å². The molecule has 3 rings (SSSR count). The van der Waals surface area contributed by atoms with Crippen LogP contribution in [0, 0.1) is 0 Å². The number of carbonyl (C=O) groups excluding carboxylic acids is 2. The third-order valence-electron chi connectivity index (χ3n) is 4.47. The topological polar surface area (TPSA) is 79.5 Å². The van der Waals surface area contributed by atoms with Crippen LogP contribution in [-0.4, -0.2) is 37.6 Å². The van der Waals surface area contributed by atoms with Crippen molar-refractivity contribution in [3.63, 3.8) is 0 Å². The van der Waals surface area contributed by atoms with Gasteiger partial charge in [0.05, 0.1) is 0 Å². The van der Waals surface area contributed by atoms with Crippen molar-refractivity contribution in [3.05, 3.63) is 23.8 Å². The highest BCUT2D eigenvalue weighted by atomic mass is 35.5. The highest BCUT2D eigenvalue weighted by Gasteiger charge is 2.39. The smallest absolute Gasteiger partial charge is 0.256 e. The van der Waals surface area contributed by atoms with Crippen molar-refractivity contribution in [2.45, 2.75) is 31.3 Å². The third-order valence-corrected chi connectivity index (χ3v) is 4.47. The van der Waals surface area contributed by atoms with Crippen molar-refractivity contribution < 1.29 is 14.3 Å².